The fourth-order valence-corrected chi connectivity index (χ4v) is 2.27. The van der Waals surface area contributed by atoms with E-state index in [0.717, 1.165) is 6.07 Å². The summed E-state index contributed by atoms with van der Waals surface area (Å²) in [4.78, 5) is 13.6. The summed E-state index contributed by atoms with van der Waals surface area (Å²) < 4.78 is 40.2. The minimum atomic E-state index is -3.81. The molecule has 0 aliphatic carbocycles. The molecule has 9 heteroatoms. The van der Waals surface area contributed by atoms with Crippen LogP contribution in [-0.2, 0) is 11.3 Å². The third-order valence-corrected chi connectivity index (χ3v) is 3.52. The number of halogens is 2. The lowest BCUT2D eigenvalue weighted by Crippen LogP contribution is -2.40. The predicted molar refractivity (Wildman–Crippen MR) is 87.3 cm³/mol. The van der Waals surface area contributed by atoms with Gasteiger partial charge in [0.1, 0.15) is 11.4 Å². The van der Waals surface area contributed by atoms with Gasteiger partial charge in [0.05, 0.1) is 19.2 Å². The smallest absolute Gasteiger partial charge is 0.507 e. The van der Waals surface area contributed by atoms with Crippen LogP contribution in [0.3, 0.4) is 0 Å². The minimum absolute atomic E-state index is 0.0462. The number of nitrogens with zero attached hydrogens (tertiary/aromatic N) is 1. The molecule has 1 amide bonds. The molecule has 1 aliphatic heterocycles. The average molecular weight is 375 g/mol. The van der Waals surface area contributed by atoms with E-state index >= 15 is 0 Å². The molecule has 2 rings (SSSR count). The van der Waals surface area contributed by atoms with E-state index in [1.807, 2.05) is 0 Å². The lowest BCUT2D eigenvalue weighted by molar-refractivity contribution is -0.286. The Hall–Kier alpha value is -2.29. The Morgan fingerprint density at radius 1 is 1.31 bits per heavy atom. The van der Waals surface area contributed by atoms with Crippen LogP contribution in [0, 0.1) is 0 Å². The number of aliphatic hydroxyl groups excluding tert-OH is 1. The Bertz CT molecular complexity index is 674. The minimum Gasteiger partial charge on any atom is -0.507 e. The molecule has 2 N–H and O–H groups in total. The number of hydrogen-bond donors (Lipinski definition) is 2. The molecule has 1 unspecified atom stereocenters. The van der Waals surface area contributed by atoms with Crippen molar-refractivity contribution in [2.75, 3.05) is 6.54 Å². The number of alkyl halides is 2. The van der Waals surface area contributed by atoms with Gasteiger partial charge in [-0.2, -0.15) is 0 Å². The fourth-order valence-electron chi connectivity index (χ4n) is 2.27. The molecule has 1 aliphatic rings. The van der Waals surface area contributed by atoms with Gasteiger partial charge in [0.25, 0.3) is 0 Å². The average Bonchev–Trinajstić information content (AvgIpc) is 2.77. The summed E-state index contributed by atoms with van der Waals surface area (Å²) in [6, 6.07) is 2.16. The molecule has 0 radical (unpaired) electrons. The van der Waals surface area contributed by atoms with Gasteiger partial charge < -0.3 is 29.3 Å². The molecule has 0 saturated heterocycles. The van der Waals surface area contributed by atoms with Crippen LogP contribution < -0.4 is 9.47 Å². The SMILES string of the molecule is CCC(O)CN(Cc1cc2c(cc1O)OC(F)(F)O2)C(=O)OC(C)(C)C. The van der Waals surface area contributed by atoms with Crippen molar-refractivity contribution in [2.45, 2.75) is 58.7 Å². The molecule has 1 aromatic rings. The number of carbonyl (C=O) groups is 1. The maximum Gasteiger partial charge on any atom is 0.586 e. The van der Waals surface area contributed by atoms with E-state index in [0.29, 0.717) is 6.42 Å². The molecule has 0 saturated carbocycles. The van der Waals surface area contributed by atoms with E-state index in [1.54, 1.807) is 27.7 Å². The molecular formula is C17H23F2NO6. The van der Waals surface area contributed by atoms with Crippen molar-refractivity contribution in [2.24, 2.45) is 0 Å². The first-order valence-electron chi connectivity index (χ1n) is 8.18. The Balaban J connectivity index is 2.24. The molecule has 1 heterocycles. The molecule has 1 atom stereocenters. The number of phenolic OH excluding ortho intramolecular Hbond substituents is 1. The normalized spacial score (nSPS) is 16.3. The molecular weight excluding hydrogens is 352 g/mol. The van der Waals surface area contributed by atoms with Crippen LogP contribution in [0.2, 0.25) is 0 Å². The van der Waals surface area contributed by atoms with E-state index in [1.165, 1.54) is 11.0 Å². The van der Waals surface area contributed by atoms with Crippen LogP contribution in [0.1, 0.15) is 39.7 Å². The molecule has 26 heavy (non-hydrogen) atoms. The third-order valence-electron chi connectivity index (χ3n) is 3.52. The first-order chi connectivity index (χ1) is 11.9. The van der Waals surface area contributed by atoms with E-state index < -0.39 is 24.1 Å². The van der Waals surface area contributed by atoms with Gasteiger partial charge in [-0.25, -0.2) is 4.79 Å². The number of aromatic hydroxyl groups is 1. The number of carbonyl (C=O) groups excluding carboxylic acids is 1. The topological polar surface area (TPSA) is 88.5 Å². The lowest BCUT2D eigenvalue weighted by atomic mass is 10.1. The van der Waals surface area contributed by atoms with Crippen molar-refractivity contribution in [1.82, 2.24) is 4.90 Å². The second kappa shape index (κ2) is 7.14. The summed E-state index contributed by atoms with van der Waals surface area (Å²) in [5, 5.41) is 20.0. The first-order valence-corrected chi connectivity index (χ1v) is 8.18. The summed E-state index contributed by atoms with van der Waals surface area (Å²) >= 11 is 0. The van der Waals surface area contributed by atoms with Crippen LogP contribution >= 0.6 is 0 Å². The van der Waals surface area contributed by atoms with Gasteiger partial charge in [-0.05, 0) is 33.3 Å². The number of fused-ring (bicyclic) bond motifs is 1. The predicted octanol–water partition coefficient (Wildman–Crippen LogP) is 3.22. The number of benzene rings is 1. The van der Waals surface area contributed by atoms with Gasteiger partial charge in [0.2, 0.25) is 0 Å². The number of phenols is 1. The molecule has 0 spiro atoms. The lowest BCUT2D eigenvalue weighted by Gasteiger charge is -2.29. The van der Waals surface area contributed by atoms with E-state index in [4.69, 9.17) is 4.74 Å². The second-order valence-corrected chi connectivity index (χ2v) is 7.02. The molecule has 7 nitrogen and oxygen atoms in total. The Morgan fingerprint density at radius 3 is 2.42 bits per heavy atom. The highest BCUT2D eigenvalue weighted by Crippen LogP contribution is 2.44. The van der Waals surface area contributed by atoms with Crippen molar-refractivity contribution in [3.8, 4) is 17.2 Å². The molecule has 146 valence electrons. The van der Waals surface area contributed by atoms with Crippen molar-refractivity contribution < 1.29 is 38.0 Å². The maximum atomic E-state index is 13.2. The quantitative estimate of drug-likeness (QED) is 0.822. The van der Waals surface area contributed by atoms with Gasteiger partial charge in [-0.15, -0.1) is 8.78 Å². The number of hydrogen-bond acceptors (Lipinski definition) is 6. The molecule has 0 bridgehead atoms. The fraction of sp³-hybridized carbons (Fsp3) is 0.588. The summed E-state index contributed by atoms with van der Waals surface area (Å²) in [6.45, 7) is 6.62. The van der Waals surface area contributed by atoms with Crippen LogP contribution in [0.4, 0.5) is 13.6 Å². The summed E-state index contributed by atoms with van der Waals surface area (Å²) in [6.07, 6.45) is -4.91. The van der Waals surface area contributed by atoms with Gasteiger partial charge >= 0.3 is 12.4 Å². The van der Waals surface area contributed by atoms with E-state index in [9.17, 15) is 23.8 Å². The molecule has 0 aromatic heterocycles. The molecule has 1 aromatic carbocycles. The van der Waals surface area contributed by atoms with Crippen LogP contribution in [0.25, 0.3) is 0 Å². The number of amides is 1. The Labute approximate surface area is 150 Å². The Morgan fingerprint density at radius 2 is 1.88 bits per heavy atom. The van der Waals surface area contributed by atoms with Crippen molar-refractivity contribution >= 4 is 6.09 Å². The van der Waals surface area contributed by atoms with E-state index in [2.05, 4.69) is 9.47 Å². The highest BCUT2D eigenvalue weighted by molar-refractivity contribution is 5.68. The van der Waals surface area contributed by atoms with Gasteiger partial charge in [0.15, 0.2) is 11.5 Å². The summed E-state index contributed by atoms with van der Waals surface area (Å²) in [7, 11) is 0. The van der Waals surface area contributed by atoms with E-state index in [-0.39, 0.29) is 35.9 Å². The largest absolute Gasteiger partial charge is 0.586 e. The maximum absolute atomic E-state index is 13.2. The van der Waals surface area contributed by atoms with Crippen molar-refractivity contribution in [3.05, 3.63) is 17.7 Å². The van der Waals surface area contributed by atoms with Crippen LogP contribution in [0.5, 0.6) is 17.2 Å². The standard InChI is InChI=1S/C17H23F2NO6/c1-5-11(21)9-20(15(23)26-16(2,3)4)8-10-6-13-14(7-12(10)22)25-17(18,19)24-13/h6-7,11,21-22H,5,8-9H2,1-4H3. The zero-order valence-corrected chi connectivity index (χ0v) is 15.1. The highest BCUT2D eigenvalue weighted by Gasteiger charge is 2.44. The summed E-state index contributed by atoms with van der Waals surface area (Å²) in [5.74, 6) is -0.888. The van der Waals surface area contributed by atoms with Gasteiger partial charge in [0, 0.05) is 11.6 Å². The van der Waals surface area contributed by atoms with Gasteiger partial charge in [-0.1, -0.05) is 6.92 Å². The van der Waals surface area contributed by atoms with Crippen LogP contribution in [0.15, 0.2) is 12.1 Å². The number of ether oxygens (including phenoxy) is 3. The third kappa shape index (κ3) is 5.10. The van der Waals surface area contributed by atoms with Crippen molar-refractivity contribution in [3.63, 3.8) is 0 Å². The molecule has 0 fully saturated rings. The van der Waals surface area contributed by atoms with Gasteiger partial charge in [-0.3, -0.25) is 0 Å². The monoisotopic (exact) mass is 375 g/mol. The zero-order valence-electron chi connectivity index (χ0n) is 15.1. The number of rotatable bonds is 5. The second-order valence-electron chi connectivity index (χ2n) is 7.02. The Kier molecular flexibility index (Phi) is 5.50. The summed E-state index contributed by atoms with van der Waals surface area (Å²) in [5.41, 5.74) is -0.606. The number of aliphatic hydroxyl groups is 1. The first kappa shape index (κ1) is 20.0. The van der Waals surface area contributed by atoms with Crippen molar-refractivity contribution in [1.29, 1.82) is 0 Å². The van der Waals surface area contributed by atoms with Crippen LogP contribution in [-0.4, -0.2) is 45.8 Å². The highest BCUT2D eigenvalue weighted by atomic mass is 19.3. The zero-order chi connectivity index (χ0) is 19.7.